The number of benzene rings is 3. The number of rotatable bonds is 14. The number of ketones is 2. The largest absolute Gasteiger partial charge is 0.486 e. The van der Waals surface area contributed by atoms with E-state index >= 15 is 0 Å². The molecule has 5 rings (SSSR count). The lowest BCUT2D eigenvalue weighted by molar-refractivity contribution is -0.187. The van der Waals surface area contributed by atoms with Crippen molar-refractivity contribution in [2.24, 2.45) is 5.92 Å². The number of carboxylic acid groups (broad SMARTS) is 2. The lowest BCUT2D eigenvalue weighted by Gasteiger charge is -2.40. The Morgan fingerprint density at radius 2 is 1.28 bits per heavy atom. The van der Waals surface area contributed by atoms with Crippen LogP contribution in [0.25, 0.3) is 0 Å². The van der Waals surface area contributed by atoms with Crippen LogP contribution in [-0.4, -0.2) is 124 Å². The number of piperidine rings is 1. The molecule has 7 N–H and O–H groups in total. The number of sulfone groups is 1. The quantitative estimate of drug-likeness (QED) is 0.116. The second-order valence-electron chi connectivity index (χ2n) is 13.1. The highest BCUT2D eigenvalue weighted by molar-refractivity contribution is 7.91. The second-order valence-corrected chi connectivity index (χ2v) is 15.2. The molecule has 0 amide bonds. The maximum atomic E-state index is 12.7. The van der Waals surface area contributed by atoms with Gasteiger partial charge in [-0.05, 0) is 69.4 Å². The lowest BCUT2D eigenvalue weighted by atomic mass is 9.73. The highest BCUT2D eigenvalue weighted by atomic mass is 32.2. The Labute approximate surface area is 313 Å². The van der Waals surface area contributed by atoms with E-state index < -0.39 is 61.0 Å². The van der Waals surface area contributed by atoms with Gasteiger partial charge in [-0.3, -0.25) is 14.5 Å². The molecule has 2 aliphatic rings. The van der Waals surface area contributed by atoms with Crippen LogP contribution in [-0.2, 0) is 25.8 Å². The van der Waals surface area contributed by atoms with Crippen LogP contribution in [0.5, 0.6) is 11.5 Å². The van der Waals surface area contributed by atoms with Crippen molar-refractivity contribution < 1.29 is 63.0 Å². The molecule has 0 aromatic heterocycles. The van der Waals surface area contributed by atoms with E-state index in [0.29, 0.717) is 19.8 Å². The summed E-state index contributed by atoms with van der Waals surface area (Å²) in [7, 11) is -3.17. The van der Waals surface area contributed by atoms with Gasteiger partial charge in [0.05, 0.1) is 0 Å². The van der Waals surface area contributed by atoms with Crippen LogP contribution in [0.1, 0.15) is 53.0 Å². The molecule has 1 fully saturated rings. The molecule has 2 aliphatic heterocycles. The zero-order chi connectivity index (χ0) is 39.0. The Hall–Kier alpha value is -4.71. The smallest absolute Gasteiger partial charge is 0.348 e. The van der Waals surface area contributed by atoms with E-state index in [0.717, 1.165) is 73.7 Å². The molecule has 16 heteroatoms. The van der Waals surface area contributed by atoms with Gasteiger partial charge in [0.15, 0.2) is 21.3 Å². The number of nitrogens with zero attached hydrogens (tertiary/aromatic N) is 1. The topological polar surface area (TPSA) is 249 Å². The van der Waals surface area contributed by atoms with Gasteiger partial charge in [-0.1, -0.05) is 73.7 Å². The van der Waals surface area contributed by atoms with Crippen molar-refractivity contribution in [3.05, 3.63) is 95.6 Å². The van der Waals surface area contributed by atoms with Crippen molar-refractivity contribution in [1.82, 2.24) is 10.2 Å². The molecule has 0 radical (unpaired) electrons. The minimum Gasteiger partial charge on any atom is -0.486 e. The van der Waals surface area contributed by atoms with Gasteiger partial charge >= 0.3 is 11.9 Å². The average molecular weight is 773 g/mol. The summed E-state index contributed by atoms with van der Waals surface area (Å²) in [4.78, 5) is 50.7. The van der Waals surface area contributed by atoms with Crippen LogP contribution in [0.3, 0.4) is 0 Å². The van der Waals surface area contributed by atoms with Gasteiger partial charge in [0.1, 0.15) is 18.6 Å². The van der Waals surface area contributed by atoms with Crippen molar-refractivity contribution >= 4 is 33.3 Å². The Balaban J connectivity index is 0.000000285. The van der Waals surface area contributed by atoms with E-state index in [-0.39, 0.29) is 17.4 Å². The van der Waals surface area contributed by atoms with Crippen molar-refractivity contribution in [2.45, 2.75) is 55.7 Å². The third-order valence-electron chi connectivity index (χ3n) is 9.49. The van der Waals surface area contributed by atoms with E-state index in [1.807, 2.05) is 12.1 Å². The standard InChI is InChI=1S/C20H32N2O4S.C18H14O8.H2O/c1-4-22(20(27(3,23)24)17-7-9-21-10-8-17)15(2)13-16-5-6-18-19(14-16)26-12-11-25-18;19-13(11-7-3-1-4-8-11)17(25,15(21)22)18(26,16(23)24)14(20)12-9-5-2-6-10-12;/h5-6,14-15,17,20-21H,4,7-13H2,1-3H3;1-10,25-26H,(H,21,22)(H,23,24);1H2. The lowest BCUT2D eigenvalue weighted by Crippen LogP contribution is -2.71. The van der Waals surface area contributed by atoms with Crippen molar-refractivity contribution in [3.8, 4) is 11.5 Å². The number of likely N-dealkylation sites (N-methyl/N-ethyl adjacent to an activating group) is 1. The molecular weight excluding hydrogens is 724 g/mol. The number of fused-ring (bicyclic) bond motifs is 1. The summed E-state index contributed by atoms with van der Waals surface area (Å²) in [6.45, 7) is 7.83. The first kappa shape index (κ1) is 43.7. The fourth-order valence-corrected chi connectivity index (χ4v) is 8.66. The number of carboxylic acids is 2. The van der Waals surface area contributed by atoms with Crippen LogP contribution in [0, 0.1) is 5.92 Å². The molecule has 2 heterocycles. The summed E-state index contributed by atoms with van der Waals surface area (Å²) in [5, 5.41) is 42.8. The fraction of sp³-hybridized carbons (Fsp3) is 0.421. The van der Waals surface area contributed by atoms with Crippen LogP contribution >= 0.6 is 0 Å². The molecule has 15 nitrogen and oxygen atoms in total. The number of hydrogen-bond donors (Lipinski definition) is 5. The molecule has 54 heavy (non-hydrogen) atoms. The number of ether oxygens (including phenoxy) is 2. The highest BCUT2D eigenvalue weighted by Crippen LogP contribution is 2.34. The predicted octanol–water partition coefficient (Wildman–Crippen LogP) is 1.64. The maximum Gasteiger partial charge on any atom is 0.348 e. The summed E-state index contributed by atoms with van der Waals surface area (Å²) in [6.07, 6.45) is 3.98. The van der Waals surface area contributed by atoms with E-state index in [4.69, 9.17) is 9.47 Å². The number of carbonyl (C=O) groups is 4. The number of Topliss-reactive ketones (excluding diaryl/α,β-unsaturated/α-hetero) is 2. The van der Waals surface area contributed by atoms with Crippen molar-refractivity contribution in [2.75, 3.05) is 39.1 Å². The predicted molar refractivity (Wildman–Crippen MR) is 198 cm³/mol. The first-order valence-corrected chi connectivity index (χ1v) is 19.2. The van der Waals surface area contributed by atoms with E-state index in [2.05, 4.69) is 30.1 Å². The zero-order valence-electron chi connectivity index (χ0n) is 30.3. The van der Waals surface area contributed by atoms with Gasteiger partial charge in [-0.2, -0.15) is 0 Å². The minimum atomic E-state index is -3.95. The van der Waals surface area contributed by atoms with E-state index in [9.17, 15) is 48.0 Å². The maximum absolute atomic E-state index is 12.7. The summed E-state index contributed by atoms with van der Waals surface area (Å²) < 4.78 is 36.6. The Bertz CT molecular complexity index is 1800. The van der Waals surface area contributed by atoms with Gasteiger partial charge in [0.25, 0.3) is 11.2 Å². The highest BCUT2D eigenvalue weighted by Gasteiger charge is 2.69. The Morgan fingerprint density at radius 3 is 1.70 bits per heavy atom. The molecule has 0 aliphatic carbocycles. The Morgan fingerprint density at radius 1 is 0.815 bits per heavy atom. The Kier molecular flexibility index (Phi) is 15.0. The first-order valence-electron chi connectivity index (χ1n) is 17.2. The number of aliphatic hydroxyl groups is 2. The van der Waals surface area contributed by atoms with Gasteiger partial charge in [-0.25, -0.2) is 18.0 Å². The van der Waals surface area contributed by atoms with Crippen LogP contribution < -0.4 is 14.8 Å². The van der Waals surface area contributed by atoms with Gasteiger partial charge in [0, 0.05) is 23.4 Å². The van der Waals surface area contributed by atoms with Gasteiger partial charge < -0.3 is 40.7 Å². The third-order valence-corrected chi connectivity index (χ3v) is 11.0. The normalized spacial score (nSPS) is 17.6. The monoisotopic (exact) mass is 772 g/mol. The third kappa shape index (κ3) is 9.32. The van der Waals surface area contributed by atoms with Crippen LogP contribution in [0.4, 0.5) is 0 Å². The fourth-order valence-electron chi connectivity index (χ4n) is 6.84. The molecule has 4 unspecified atom stereocenters. The molecule has 0 saturated carbocycles. The van der Waals surface area contributed by atoms with Crippen LogP contribution in [0.2, 0.25) is 0 Å². The molecule has 0 spiro atoms. The molecular formula is C38H48N2O13S. The van der Waals surface area contributed by atoms with Crippen molar-refractivity contribution in [1.29, 1.82) is 0 Å². The summed E-state index contributed by atoms with van der Waals surface area (Å²) in [5.74, 6) is -6.27. The molecule has 0 bridgehead atoms. The minimum absolute atomic E-state index is 0. The van der Waals surface area contributed by atoms with Crippen molar-refractivity contribution in [3.63, 3.8) is 0 Å². The van der Waals surface area contributed by atoms with E-state index in [1.54, 1.807) is 0 Å². The van der Waals surface area contributed by atoms with Gasteiger partial charge in [-0.15, -0.1) is 0 Å². The molecule has 3 aromatic rings. The number of carbonyl (C=O) groups excluding carboxylic acids is 2. The van der Waals surface area contributed by atoms with Crippen LogP contribution in [0.15, 0.2) is 78.9 Å². The van der Waals surface area contributed by atoms with Gasteiger partial charge in [0.2, 0.25) is 11.6 Å². The molecule has 3 aromatic carbocycles. The molecule has 4 atom stereocenters. The summed E-state index contributed by atoms with van der Waals surface area (Å²) >= 11 is 0. The summed E-state index contributed by atoms with van der Waals surface area (Å²) in [6, 6.07) is 19.0. The molecule has 1 saturated heterocycles. The SMILES string of the molecule is CCN(C(C)Cc1ccc2c(c1)OCCO2)C(C1CCNCC1)S(C)(=O)=O.O.O=C(O)C(O)(C(=O)c1ccccc1)C(O)(C(=O)O)C(=O)c1ccccc1. The summed E-state index contributed by atoms with van der Waals surface area (Å²) in [5.41, 5.74) is -7.54. The molecule has 294 valence electrons. The average Bonchev–Trinajstić information content (AvgIpc) is 3.16. The second kappa shape index (κ2) is 18.6. The number of aliphatic carboxylic acids is 2. The first-order chi connectivity index (χ1) is 25.1. The number of hydrogen-bond acceptors (Lipinski definition) is 12. The van der Waals surface area contributed by atoms with E-state index in [1.165, 1.54) is 42.7 Å². The number of nitrogens with one attached hydrogen (secondary N) is 1. The zero-order valence-corrected chi connectivity index (χ0v) is 31.1.